The number of halogens is 1. The first-order valence-corrected chi connectivity index (χ1v) is 5.22. The summed E-state index contributed by atoms with van der Waals surface area (Å²) < 4.78 is 0. The lowest BCUT2D eigenvalue weighted by molar-refractivity contribution is -0.00000190. The van der Waals surface area contributed by atoms with E-state index in [1.807, 2.05) is 0 Å². The van der Waals surface area contributed by atoms with Gasteiger partial charge in [0, 0.05) is 0 Å². The molecule has 0 aromatic heterocycles. The molecule has 0 N–H and O–H groups in total. The molecule has 2 heteroatoms. The zero-order chi connectivity index (χ0) is 6.53. The van der Waals surface area contributed by atoms with Gasteiger partial charge in [0.05, 0.1) is 6.16 Å². The molecule has 0 radical (unpaired) electrons. The van der Waals surface area contributed by atoms with E-state index in [-0.39, 0.29) is 24.0 Å². The van der Waals surface area contributed by atoms with Gasteiger partial charge >= 0.3 is 0 Å². The van der Waals surface area contributed by atoms with Crippen LogP contribution in [0.25, 0.3) is 0 Å². The molecule has 62 valence electrons. The lowest BCUT2D eigenvalue weighted by Crippen LogP contribution is -3.00. The standard InChI is InChI=1S/C8H17P.HI/c9-7-6-8-4-2-1-3-5-8;/h8H,1-7,9H2;1H. The molecule has 1 fully saturated rings. The maximum absolute atomic E-state index is 2.12. The lowest BCUT2D eigenvalue weighted by atomic mass is 9.88. The van der Waals surface area contributed by atoms with E-state index in [2.05, 4.69) is 9.24 Å². The molecule has 0 saturated heterocycles. The first-order chi connectivity index (χ1) is 4.43. The van der Waals surface area contributed by atoms with Crippen LogP contribution >= 0.6 is 9.24 Å². The predicted molar refractivity (Wildman–Crippen MR) is 47.2 cm³/mol. The summed E-state index contributed by atoms with van der Waals surface area (Å²) in [5.41, 5.74) is 0. The van der Waals surface area contributed by atoms with E-state index in [0.29, 0.717) is 0 Å². The second kappa shape index (κ2) is 6.84. The van der Waals surface area contributed by atoms with E-state index >= 15 is 0 Å². The summed E-state index contributed by atoms with van der Waals surface area (Å²) in [6.07, 6.45) is 10.5. The largest absolute Gasteiger partial charge is 1.00 e. The van der Waals surface area contributed by atoms with Crippen molar-refractivity contribution in [3.8, 4) is 0 Å². The molecule has 1 saturated carbocycles. The summed E-state index contributed by atoms with van der Waals surface area (Å²) in [6, 6.07) is 0. The molecule has 1 rings (SSSR count). The van der Waals surface area contributed by atoms with Gasteiger partial charge in [0.15, 0.2) is 0 Å². The van der Waals surface area contributed by atoms with Gasteiger partial charge < -0.3 is 24.0 Å². The number of hydrogen-bond donors (Lipinski definition) is 0. The summed E-state index contributed by atoms with van der Waals surface area (Å²) in [6.45, 7) is 0. The quantitative estimate of drug-likeness (QED) is 0.472. The van der Waals surface area contributed by atoms with Crippen molar-refractivity contribution < 1.29 is 24.0 Å². The van der Waals surface area contributed by atoms with E-state index in [9.17, 15) is 0 Å². The minimum atomic E-state index is 0. The summed E-state index contributed by atoms with van der Waals surface area (Å²) in [5.74, 6) is 1.11. The van der Waals surface area contributed by atoms with Gasteiger partial charge in [0.25, 0.3) is 0 Å². The van der Waals surface area contributed by atoms with E-state index < -0.39 is 0 Å². The fourth-order valence-electron chi connectivity index (χ4n) is 1.76. The van der Waals surface area contributed by atoms with Crippen LogP contribution in [0.3, 0.4) is 0 Å². The molecule has 0 aliphatic heterocycles. The molecular formula is C8H18IP. The summed E-state index contributed by atoms with van der Waals surface area (Å²) >= 11 is 0. The molecule has 1 unspecified atom stereocenters. The van der Waals surface area contributed by atoms with Gasteiger partial charge in [-0.15, -0.1) is 0 Å². The Morgan fingerprint density at radius 3 is 2.20 bits per heavy atom. The summed E-state index contributed by atoms with van der Waals surface area (Å²) in [5, 5.41) is 0. The van der Waals surface area contributed by atoms with Crippen molar-refractivity contribution in [3.63, 3.8) is 0 Å². The average molecular weight is 272 g/mol. The maximum atomic E-state index is 2.12. The molecule has 10 heavy (non-hydrogen) atoms. The van der Waals surface area contributed by atoms with E-state index in [1.54, 1.807) is 0 Å². The van der Waals surface area contributed by atoms with Crippen molar-refractivity contribution in [2.45, 2.75) is 38.5 Å². The van der Waals surface area contributed by atoms with Gasteiger partial charge in [-0.1, -0.05) is 32.1 Å². The van der Waals surface area contributed by atoms with Gasteiger partial charge in [0.1, 0.15) is 0 Å². The SMILES string of the molecule is [I-].[PH3+]CCC1CCCCC1. The van der Waals surface area contributed by atoms with Gasteiger partial charge in [-0.2, -0.15) is 0 Å². The molecule has 1 aliphatic rings. The Morgan fingerprint density at radius 1 is 1.10 bits per heavy atom. The van der Waals surface area contributed by atoms with Crippen LogP contribution in [-0.4, -0.2) is 6.16 Å². The fourth-order valence-corrected chi connectivity index (χ4v) is 2.34. The van der Waals surface area contributed by atoms with Crippen molar-refractivity contribution in [3.05, 3.63) is 0 Å². The fraction of sp³-hybridized carbons (Fsp3) is 1.00. The van der Waals surface area contributed by atoms with E-state index in [0.717, 1.165) is 5.92 Å². The first kappa shape index (κ1) is 11.2. The lowest BCUT2D eigenvalue weighted by Gasteiger charge is -2.19. The highest BCUT2D eigenvalue weighted by atomic mass is 127. The molecule has 0 bridgehead atoms. The Bertz CT molecular complexity index is 66.9. The van der Waals surface area contributed by atoms with E-state index in [4.69, 9.17) is 0 Å². The normalized spacial score (nSPS) is 20.4. The Kier molecular flexibility index (Phi) is 7.64. The van der Waals surface area contributed by atoms with Crippen molar-refractivity contribution >= 4 is 9.24 Å². The van der Waals surface area contributed by atoms with Crippen LogP contribution in [0.2, 0.25) is 0 Å². The number of rotatable bonds is 2. The molecule has 0 spiro atoms. The second-order valence-electron chi connectivity index (χ2n) is 3.15. The Morgan fingerprint density at radius 2 is 1.70 bits per heavy atom. The summed E-state index contributed by atoms with van der Waals surface area (Å²) in [7, 11) is 2.12. The third-order valence-corrected chi connectivity index (χ3v) is 2.75. The Balaban J connectivity index is 0.000000810. The Labute approximate surface area is 83.8 Å². The van der Waals surface area contributed by atoms with Crippen molar-refractivity contribution in [1.29, 1.82) is 0 Å². The molecule has 0 aromatic rings. The van der Waals surface area contributed by atoms with Crippen LogP contribution in [0.15, 0.2) is 0 Å². The average Bonchev–Trinajstić information content (AvgIpc) is 1.91. The van der Waals surface area contributed by atoms with E-state index in [1.165, 1.54) is 44.7 Å². The summed E-state index contributed by atoms with van der Waals surface area (Å²) in [4.78, 5) is 0. The zero-order valence-electron chi connectivity index (χ0n) is 6.61. The molecule has 0 heterocycles. The monoisotopic (exact) mass is 272 g/mol. The zero-order valence-corrected chi connectivity index (χ0v) is 10.2. The topological polar surface area (TPSA) is 0 Å². The van der Waals surface area contributed by atoms with Gasteiger partial charge in [-0.25, -0.2) is 0 Å². The van der Waals surface area contributed by atoms with Gasteiger partial charge in [-0.3, -0.25) is 0 Å². The smallest absolute Gasteiger partial charge is 0.0529 e. The van der Waals surface area contributed by atoms with Gasteiger partial charge in [-0.05, 0) is 21.6 Å². The highest BCUT2D eigenvalue weighted by molar-refractivity contribution is 7.16. The van der Waals surface area contributed by atoms with Gasteiger partial charge in [0.2, 0.25) is 0 Å². The maximum Gasteiger partial charge on any atom is 0.0529 e. The molecule has 1 atom stereocenters. The van der Waals surface area contributed by atoms with Crippen LogP contribution in [0, 0.1) is 5.92 Å². The second-order valence-corrected chi connectivity index (χ2v) is 3.85. The van der Waals surface area contributed by atoms with Crippen molar-refractivity contribution in [2.24, 2.45) is 5.92 Å². The van der Waals surface area contributed by atoms with Crippen molar-refractivity contribution in [2.75, 3.05) is 6.16 Å². The Hall–Kier alpha value is 1.16. The first-order valence-electron chi connectivity index (χ1n) is 4.22. The molecule has 1 aliphatic carbocycles. The minimum Gasteiger partial charge on any atom is -1.00 e. The molecule has 0 amide bonds. The van der Waals surface area contributed by atoms with Crippen LogP contribution in [0.5, 0.6) is 0 Å². The minimum absolute atomic E-state index is 0. The highest BCUT2D eigenvalue weighted by Gasteiger charge is 2.11. The third kappa shape index (κ3) is 4.12. The number of hydrogen-bond acceptors (Lipinski definition) is 0. The van der Waals surface area contributed by atoms with Crippen LogP contribution < -0.4 is 24.0 Å². The van der Waals surface area contributed by atoms with Crippen LogP contribution in [-0.2, 0) is 0 Å². The molecular weight excluding hydrogens is 254 g/mol. The van der Waals surface area contributed by atoms with Crippen LogP contribution in [0.1, 0.15) is 38.5 Å². The predicted octanol–water partition coefficient (Wildman–Crippen LogP) is -0.432. The van der Waals surface area contributed by atoms with Crippen LogP contribution in [0.4, 0.5) is 0 Å². The molecule has 0 aromatic carbocycles. The van der Waals surface area contributed by atoms with Crippen molar-refractivity contribution in [1.82, 2.24) is 0 Å². The third-order valence-electron chi connectivity index (χ3n) is 2.34. The molecule has 0 nitrogen and oxygen atoms in total. The highest BCUT2D eigenvalue weighted by Crippen LogP contribution is 2.26.